The van der Waals surface area contributed by atoms with Gasteiger partial charge in [-0.25, -0.2) is 4.98 Å². The lowest BCUT2D eigenvalue weighted by atomic mass is 9.98. The van der Waals surface area contributed by atoms with Gasteiger partial charge in [-0.2, -0.15) is 0 Å². The van der Waals surface area contributed by atoms with Crippen molar-refractivity contribution >= 4 is 0 Å². The molecule has 1 heterocycles. The van der Waals surface area contributed by atoms with Gasteiger partial charge in [0.2, 0.25) is 0 Å². The fourth-order valence-electron chi connectivity index (χ4n) is 1.53. The van der Waals surface area contributed by atoms with E-state index in [-0.39, 0.29) is 6.04 Å². The minimum atomic E-state index is 0.284. The largest absolute Gasteiger partial charge is 0.446 e. The third-order valence-corrected chi connectivity index (χ3v) is 2.08. The first-order valence-corrected chi connectivity index (χ1v) is 3.96. The topological polar surface area (TPSA) is 52.0 Å². The van der Waals surface area contributed by atoms with E-state index in [4.69, 9.17) is 10.2 Å². The summed E-state index contributed by atoms with van der Waals surface area (Å²) >= 11 is 0. The molecule has 0 spiro atoms. The smallest absolute Gasteiger partial charge is 0.191 e. The number of aryl methyl sites for hydroxylation is 2. The van der Waals surface area contributed by atoms with Crippen molar-refractivity contribution in [1.82, 2.24) is 4.98 Å². The summed E-state index contributed by atoms with van der Waals surface area (Å²) in [5, 5.41) is 0. The third kappa shape index (κ3) is 1.16. The van der Waals surface area contributed by atoms with E-state index in [1.165, 1.54) is 0 Å². The number of hydrogen-bond donors (Lipinski definition) is 1. The second kappa shape index (κ2) is 2.34. The number of hydrogen-bond acceptors (Lipinski definition) is 3. The molecule has 0 bridgehead atoms. The zero-order valence-corrected chi connectivity index (χ0v) is 6.63. The number of oxazole rings is 1. The highest BCUT2D eigenvalue weighted by atomic mass is 16.4. The highest BCUT2D eigenvalue weighted by molar-refractivity contribution is 5.14. The lowest BCUT2D eigenvalue weighted by Gasteiger charge is -2.14. The van der Waals surface area contributed by atoms with Crippen molar-refractivity contribution in [3.63, 3.8) is 0 Å². The van der Waals surface area contributed by atoms with Gasteiger partial charge in [0.1, 0.15) is 5.76 Å². The zero-order chi connectivity index (χ0) is 7.84. The van der Waals surface area contributed by atoms with Crippen LogP contribution in [0.15, 0.2) is 4.42 Å². The number of fused-ring (bicyclic) bond motifs is 1. The van der Waals surface area contributed by atoms with Crippen LogP contribution in [-0.2, 0) is 12.8 Å². The summed E-state index contributed by atoms with van der Waals surface area (Å²) in [5.74, 6) is 1.81. The molecule has 0 saturated heterocycles. The summed E-state index contributed by atoms with van der Waals surface area (Å²) in [4.78, 5) is 4.25. The van der Waals surface area contributed by atoms with Crippen molar-refractivity contribution in [3.05, 3.63) is 17.3 Å². The van der Waals surface area contributed by atoms with Crippen molar-refractivity contribution in [3.8, 4) is 0 Å². The van der Waals surface area contributed by atoms with Crippen LogP contribution in [0, 0.1) is 6.92 Å². The van der Waals surface area contributed by atoms with Crippen molar-refractivity contribution in [2.24, 2.45) is 5.73 Å². The van der Waals surface area contributed by atoms with Crippen LogP contribution in [0.2, 0.25) is 0 Å². The maximum absolute atomic E-state index is 5.78. The van der Waals surface area contributed by atoms with Gasteiger partial charge in [0.25, 0.3) is 0 Å². The van der Waals surface area contributed by atoms with Gasteiger partial charge in [0, 0.05) is 25.8 Å². The molecule has 1 aromatic rings. The molecule has 0 amide bonds. The van der Waals surface area contributed by atoms with Crippen LogP contribution in [0.3, 0.4) is 0 Å². The molecule has 1 aliphatic rings. The van der Waals surface area contributed by atoms with Crippen LogP contribution >= 0.6 is 0 Å². The maximum Gasteiger partial charge on any atom is 0.191 e. The van der Waals surface area contributed by atoms with E-state index in [0.29, 0.717) is 0 Å². The van der Waals surface area contributed by atoms with Gasteiger partial charge < -0.3 is 10.2 Å². The highest BCUT2D eigenvalue weighted by Crippen LogP contribution is 2.20. The first kappa shape index (κ1) is 6.85. The van der Waals surface area contributed by atoms with Crippen molar-refractivity contribution < 1.29 is 4.42 Å². The van der Waals surface area contributed by atoms with Crippen LogP contribution in [-0.4, -0.2) is 11.0 Å². The molecule has 2 rings (SSSR count). The molecule has 0 aliphatic heterocycles. The second-order valence-corrected chi connectivity index (χ2v) is 3.11. The van der Waals surface area contributed by atoms with Gasteiger partial charge in [0.05, 0.1) is 5.69 Å². The number of rotatable bonds is 0. The molecule has 1 unspecified atom stereocenters. The van der Waals surface area contributed by atoms with Crippen LogP contribution in [0.25, 0.3) is 0 Å². The number of nitrogens with zero attached hydrogens (tertiary/aromatic N) is 1. The lowest BCUT2D eigenvalue weighted by molar-refractivity contribution is 0.439. The van der Waals surface area contributed by atoms with Gasteiger partial charge in [-0.3, -0.25) is 0 Å². The summed E-state index contributed by atoms with van der Waals surface area (Å²) in [6.07, 6.45) is 2.87. The first-order chi connectivity index (χ1) is 5.25. The Morgan fingerprint density at radius 1 is 1.64 bits per heavy atom. The second-order valence-electron chi connectivity index (χ2n) is 3.11. The van der Waals surface area contributed by atoms with Gasteiger partial charge in [-0.15, -0.1) is 0 Å². The SMILES string of the molecule is Cc1nc2c(o1)CCC(N)C2. The normalized spacial score (nSPS) is 23.3. The Labute approximate surface area is 65.6 Å². The molecule has 0 radical (unpaired) electrons. The summed E-state index contributed by atoms with van der Waals surface area (Å²) in [5.41, 5.74) is 6.85. The van der Waals surface area contributed by atoms with Crippen molar-refractivity contribution in [2.45, 2.75) is 32.2 Å². The van der Waals surface area contributed by atoms with E-state index < -0.39 is 0 Å². The number of nitrogens with two attached hydrogens (primary N) is 1. The van der Waals surface area contributed by atoms with Gasteiger partial charge in [-0.05, 0) is 6.42 Å². The Bertz CT molecular complexity index is 267. The molecule has 11 heavy (non-hydrogen) atoms. The molecule has 60 valence electrons. The summed E-state index contributed by atoms with van der Waals surface area (Å²) in [7, 11) is 0. The van der Waals surface area contributed by atoms with Gasteiger partial charge in [0.15, 0.2) is 5.89 Å². The Hall–Kier alpha value is -0.830. The van der Waals surface area contributed by atoms with Crippen molar-refractivity contribution in [2.75, 3.05) is 0 Å². The van der Waals surface area contributed by atoms with Gasteiger partial charge >= 0.3 is 0 Å². The Balaban J connectivity index is 2.34. The zero-order valence-electron chi connectivity index (χ0n) is 6.63. The van der Waals surface area contributed by atoms with Crippen LogP contribution in [0.5, 0.6) is 0 Å². The molecular formula is C8H12N2O. The van der Waals surface area contributed by atoms with Crippen LogP contribution in [0.4, 0.5) is 0 Å². The average molecular weight is 152 g/mol. The van der Waals surface area contributed by atoms with Crippen LogP contribution < -0.4 is 5.73 Å². The predicted octanol–water partition coefficient (Wildman–Crippen LogP) is 0.799. The monoisotopic (exact) mass is 152 g/mol. The average Bonchev–Trinajstić information content (AvgIpc) is 2.27. The molecule has 1 aromatic heterocycles. The van der Waals surface area contributed by atoms with Crippen molar-refractivity contribution in [1.29, 1.82) is 0 Å². The first-order valence-electron chi connectivity index (χ1n) is 3.96. The lowest BCUT2D eigenvalue weighted by Crippen LogP contribution is -2.27. The van der Waals surface area contributed by atoms with Gasteiger partial charge in [-0.1, -0.05) is 0 Å². The minimum absolute atomic E-state index is 0.284. The standard InChI is InChI=1S/C8H12N2O/c1-5-10-7-4-6(9)2-3-8(7)11-5/h6H,2-4,9H2,1H3. The molecule has 0 fully saturated rings. The summed E-state index contributed by atoms with van der Waals surface area (Å²) in [6, 6.07) is 0.284. The number of aromatic nitrogens is 1. The predicted molar refractivity (Wildman–Crippen MR) is 41.2 cm³/mol. The quantitative estimate of drug-likeness (QED) is 0.598. The molecule has 2 N–H and O–H groups in total. The van der Waals surface area contributed by atoms with E-state index in [2.05, 4.69) is 4.98 Å². The third-order valence-electron chi connectivity index (χ3n) is 2.08. The molecule has 0 aromatic carbocycles. The Morgan fingerprint density at radius 2 is 2.45 bits per heavy atom. The van der Waals surface area contributed by atoms with E-state index in [1.54, 1.807) is 0 Å². The Morgan fingerprint density at radius 3 is 3.27 bits per heavy atom. The minimum Gasteiger partial charge on any atom is -0.446 e. The van der Waals surface area contributed by atoms with E-state index >= 15 is 0 Å². The molecule has 0 saturated carbocycles. The molecule has 1 aliphatic carbocycles. The molecule has 3 nitrogen and oxygen atoms in total. The van der Waals surface area contributed by atoms with Crippen LogP contribution in [0.1, 0.15) is 23.8 Å². The maximum atomic E-state index is 5.78. The Kier molecular flexibility index (Phi) is 1.46. The summed E-state index contributed by atoms with van der Waals surface area (Å²) in [6.45, 7) is 1.88. The van der Waals surface area contributed by atoms with E-state index in [1.807, 2.05) is 6.92 Å². The fraction of sp³-hybridized carbons (Fsp3) is 0.625. The van der Waals surface area contributed by atoms with E-state index in [9.17, 15) is 0 Å². The highest BCUT2D eigenvalue weighted by Gasteiger charge is 2.19. The molecule has 3 heteroatoms. The summed E-state index contributed by atoms with van der Waals surface area (Å²) < 4.78 is 5.39. The molecule has 1 atom stereocenters. The fourth-order valence-corrected chi connectivity index (χ4v) is 1.53. The molecular weight excluding hydrogens is 140 g/mol. The van der Waals surface area contributed by atoms with E-state index in [0.717, 1.165) is 36.6 Å².